The Bertz CT molecular complexity index is 555. The standard InChI is InChI=1S/C16H26N4O2S/c1-5-13-18-19-14(23-13)17-10-8-11-6-7-12(9-10)20(11)15(21)22-16(2,3)4/h10-12H,5-9H2,1-4H3,(H,17,19). The number of amides is 1. The highest BCUT2D eigenvalue weighted by Gasteiger charge is 2.44. The van der Waals surface area contributed by atoms with Crippen molar-refractivity contribution in [2.75, 3.05) is 5.32 Å². The van der Waals surface area contributed by atoms with Gasteiger partial charge in [-0.2, -0.15) is 0 Å². The van der Waals surface area contributed by atoms with E-state index in [1.54, 1.807) is 11.3 Å². The van der Waals surface area contributed by atoms with E-state index in [-0.39, 0.29) is 18.2 Å². The van der Waals surface area contributed by atoms with Gasteiger partial charge in [0.2, 0.25) is 5.13 Å². The molecule has 0 radical (unpaired) electrons. The Kier molecular flexibility index (Phi) is 4.49. The molecule has 2 atom stereocenters. The number of hydrogen-bond acceptors (Lipinski definition) is 6. The van der Waals surface area contributed by atoms with Gasteiger partial charge in [-0.05, 0) is 52.9 Å². The second kappa shape index (κ2) is 6.26. The predicted octanol–water partition coefficient (Wildman–Crippen LogP) is 3.44. The first kappa shape index (κ1) is 16.5. The third-order valence-electron chi connectivity index (χ3n) is 4.43. The maximum Gasteiger partial charge on any atom is 0.410 e. The molecule has 3 heterocycles. The quantitative estimate of drug-likeness (QED) is 0.914. The first-order valence-corrected chi connectivity index (χ1v) is 9.27. The van der Waals surface area contributed by atoms with Gasteiger partial charge in [0.1, 0.15) is 10.6 Å². The lowest BCUT2D eigenvalue weighted by Crippen LogP contribution is -2.51. The van der Waals surface area contributed by atoms with Crippen molar-refractivity contribution in [1.82, 2.24) is 15.1 Å². The van der Waals surface area contributed by atoms with Crippen molar-refractivity contribution in [1.29, 1.82) is 0 Å². The highest BCUT2D eigenvalue weighted by atomic mass is 32.1. The molecule has 2 saturated heterocycles. The van der Waals surface area contributed by atoms with Crippen LogP contribution in [0.4, 0.5) is 9.93 Å². The normalized spacial score (nSPS) is 27.1. The number of carbonyl (C=O) groups is 1. The van der Waals surface area contributed by atoms with Crippen LogP contribution in [-0.4, -0.2) is 44.9 Å². The number of nitrogens with one attached hydrogen (secondary N) is 1. The number of hydrogen-bond donors (Lipinski definition) is 1. The van der Waals surface area contributed by atoms with Crippen LogP contribution in [0.1, 0.15) is 58.4 Å². The summed E-state index contributed by atoms with van der Waals surface area (Å²) in [6.07, 6.45) is 4.80. The van der Waals surface area contributed by atoms with Crippen molar-refractivity contribution in [3.05, 3.63) is 5.01 Å². The number of nitrogens with zero attached hydrogens (tertiary/aromatic N) is 3. The molecule has 0 aromatic carbocycles. The number of carbonyl (C=O) groups excluding carboxylic acids is 1. The van der Waals surface area contributed by atoms with Crippen LogP contribution < -0.4 is 5.32 Å². The van der Waals surface area contributed by atoms with E-state index in [9.17, 15) is 4.79 Å². The smallest absolute Gasteiger partial charge is 0.410 e. The molecule has 2 bridgehead atoms. The van der Waals surface area contributed by atoms with E-state index in [0.717, 1.165) is 42.2 Å². The molecule has 0 aliphatic carbocycles. The molecule has 1 aromatic heterocycles. The van der Waals surface area contributed by atoms with Gasteiger partial charge < -0.3 is 15.0 Å². The van der Waals surface area contributed by atoms with Crippen LogP contribution >= 0.6 is 11.3 Å². The molecule has 1 amide bonds. The highest BCUT2D eigenvalue weighted by molar-refractivity contribution is 7.15. The SMILES string of the molecule is CCc1nnc(NC2CC3CCC(C2)N3C(=O)OC(C)(C)C)s1. The van der Waals surface area contributed by atoms with Crippen molar-refractivity contribution in [2.45, 2.75) is 83.5 Å². The van der Waals surface area contributed by atoms with Crippen molar-refractivity contribution in [2.24, 2.45) is 0 Å². The first-order chi connectivity index (χ1) is 10.9. The average Bonchev–Trinajstić information content (AvgIpc) is 3.00. The number of piperidine rings is 1. The van der Waals surface area contributed by atoms with E-state index < -0.39 is 5.60 Å². The molecular formula is C16H26N4O2S. The summed E-state index contributed by atoms with van der Waals surface area (Å²) < 4.78 is 5.58. The Morgan fingerprint density at radius 2 is 1.96 bits per heavy atom. The number of anilines is 1. The zero-order valence-corrected chi connectivity index (χ0v) is 15.2. The lowest BCUT2D eigenvalue weighted by molar-refractivity contribution is 0.00683. The first-order valence-electron chi connectivity index (χ1n) is 8.46. The van der Waals surface area contributed by atoms with Gasteiger partial charge in [0, 0.05) is 18.1 Å². The maximum absolute atomic E-state index is 12.4. The molecule has 0 saturated carbocycles. The molecule has 2 fully saturated rings. The molecule has 3 rings (SSSR count). The molecule has 2 unspecified atom stereocenters. The van der Waals surface area contributed by atoms with Gasteiger partial charge in [-0.1, -0.05) is 18.3 Å². The fourth-order valence-electron chi connectivity index (χ4n) is 3.54. The minimum atomic E-state index is -0.436. The summed E-state index contributed by atoms with van der Waals surface area (Å²) in [6.45, 7) is 7.84. The number of aryl methyl sites for hydroxylation is 1. The van der Waals surface area contributed by atoms with Crippen LogP contribution in [0.25, 0.3) is 0 Å². The fraction of sp³-hybridized carbons (Fsp3) is 0.812. The second-order valence-corrected chi connectivity index (χ2v) is 8.50. The Morgan fingerprint density at radius 1 is 1.30 bits per heavy atom. The Balaban J connectivity index is 1.61. The largest absolute Gasteiger partial charge is 0.444 e. The number of ether oxygens (including phenoxy) is 1. The van der Waals surface area contributed by atoms with Gasteiger partial charge in [-0.3, -0.25) is 0 Å². The van der Waals surface area contributed by atoms with Crippen LogP contribution in [0.15, 0.2) is 0 Å². The Hall–Kier alpha value is -1.37. The summed E-state index contributed by atoms with van der Waals surface area (Å²) in [6, 6.07) is 0.920. The molecule has 23 heavy (non-hydrogen) atoms. The summed E-state index contributed by atoms with van der Waals surface area (Å²) in [5, 5.41) is 13.8. The molecule has 0 spiro atoms. The minimum Gasteiger partial charge on any atom is -0.444 e. The van der Waals surface area contributed by atoms with Crippen molar-refractivity contribution in [3.8, 4) is 0 Å². The molecule has 1 N–H and O–H groups in total. The Morgan fingerprint density at radius 3 is 2.48 bits per heavy atom. The van der Waals surface area contributed by atoms with Gasteiger partial charge in [-0.15, -0.1) is 10.2 Å². The highest BCUT2D eigenvalue weighted by Crippen LogP contribution is 2.38. The topological polar surface area (TPSA) is 67.4 Å². The van der Waals surface area contributed by atoms with Crippen LogP contribution in [0.3, 0.4) is 0 Å². The Labute approximate surface area is 141 Å². The van der Waals surface area contributed by atoms with Crippen molar-refractivity contribution in [3.63, 3.8) is 0 Å². The van der Waals surface area contributed by atoms with Gasteiger partial charge in [0.25, 0.3) is 0 Å². The third kappa shape index (κ3) is 3.76. The predicted molar refractivity (Wildman–Crippen MR) is 90.8 cm³/mol. The molecule has 7 heteroatoms. The molecule has 6 nitrogen and oxygen atoms in total. The van der Waals surface area contributed by atoms with Crippen LogP contribution in [0.2, 0.25) is 0 Å². The van der Waals surface area contributed by atoms with Gasteiger partial charge in [-0.25, -0.2) is 4.79 Å². The fourth-order valence-corrected chi connectivity index (χ4v) is 4.29. The minimum absolute atomic E-state index is 0.160. The van der Waals surface area contributed by atoms with E-state index in [4.69, 9.17) is 4.74 Å². The second-order valence-electron chi connectivity index (χ2n) is 7.44. The van der Waals surface area contributed by atoms with Gasteiger partial charge in [0.05, 0.1) is 0 Å². The lowest BCUT2D eigenvalue weighted by Gasteiger charge is -2.39. The van der Waals surface area contributed by atoms with Crippen LogP contribution in [-0.2, 0) is 11.2 Å². The zero-order valence-electron chi connectivity index (χ0n) is 14.3. The summed E-state index contributed by atoms with van der Waals surface area (Å²) in [4.78, 5) is 14.4. The monoisotopic (exact) mass is 338 g/mol. The number of fused-ring (bicyclic) bond motifs is 2. The summed E-state index contributed by atoms with van der Waals surface area (Å²) in [5.41, 5.74) is -0.436. The molecular weight excluding hydrogens is 312 g/mol. The lowest BCUT2D eigenvalue weighted by atomic mass is 9.98. The number of rotatable bonds is 3. The molecule has 1 aromatic rings. The zero-order chi connectivity index (χ0) is 16.6. The van der Waals surface area contributed by atoms with Crippen molar-refractivity contribution >= 4 is 22.6 Å². The van der Waals surface area contributed by atoms with E-state index in [1.165, 1.54) is 0 Å². The van der Waals surface area contributed by atoms with Crippen LogP contribution in [0.5, 0.6) is 0 Å². The average molecular weight is 338 g/mol. The third-order valence-corrected chi connectivity index (χ3v) is 5.43. The van der Waals surface area contributed by atoms with Crippen molar-refractivity contribution < 1.29 is 9.53 Å². The summed E-state index contributed by atoms with van der Waals surface area (Å²) >= 11 is 1.63. The van der Waals surface area contributed by atoms with Gasteiger partial charge in [0.15, 0.2) is 0 Å². The number of aromatic nitrogens is 2. The summed E-state index contributed by atoms with van der Waals surface area (Å²) in [5.74, 6) is 0. The molecule has 128 valence electrons. The van der Waals surface area contributed by atoms with E-state index in [2.05, 4.69) is 22.4 Å². The maximum atomic E-state index is 12.4. The van der Waals surface area contributed by atoms with Crippen LogP contribution in [0, 0.1) is 0 Å². The van der Waals surface area contributed by atoms with Gasteiger partial charge >= 0.3 is 6.09 Å². The molecule has 2 aliphatic rings. The van der Waals surface area contributed by atoms with E-state index >= 15 is 0 Å². The molecule has 2 aliphatic heterocycles. The van der Waals surface area contributed by atoms with E-state index in [0.29, 0.717) is 6.04 Å². The summed E-state index contributed by atoms with van der Waals surface area (Å²) in [7, 11) is 0. The van der Waals surface area contributed by atoms with E-state index in [1.807, 2.05) is 25.7 Å².